The number of carbonyl (C=O) groups is 1. The van der Waals surface area contributed by atoms with Gasteiger partial charge in [-0.1, -0.05) is 18.2 Å². The van der Waals surface area contributed by atoms with Crippen LogP contribution in [-0.2, 0) is 4.79 Å². The number of anilines is 1. The van der Waals surface area contributed by atoms with E-state index in [4.69, 9.17) is 0 Å². The van der Waals surface area contributed by atoms with Crippen LogP contribution in [0.2, 0.25) is 0 Å². The van der Waals surface area contributed by atoms with Crippen molar-refractivity contribution in [2.45, 2.75) is 24.7 Å². The predicted octanol–water partition coefficient (Wildman–Crippen LogP) is 3.63. The summed E-state index contributed by atoms with van der Waals surface area (Å²) in [5, 5.41) is 21.9. The summed E-state index contributed by atoms with van der Waals surface area (Å²) in [6, 6.07) is 10.1. The summed E-state index contributed by atoms with van der Waals surface area (Å²) in [4.78, 5) is 37.7. The second-order valence-electron chi connectivity index (χ2n) is 7.21. The molecule has 29 heavy (non-hydrogen) atoms. The van der Waals surface area contributed by atoms with Gasteiger partial charge in [-0.05, 0) is 23.4 Å². The van der Waals surface area contributed by atoms with Crippen LogP contribution < -0.4 is 10.9 Å². The smallest absolute Gasteiger partial charge is 0.270 e. The number of H-pyrrole nitrogens is 2. The molecular formula is C20H16N4O4S. The van der Waals surface area contributed by atoms with Gasteiger partial charge in [0.2, 0.25) is 0 Å². The second kappa shape index (κ2) is 6.56. The Morgan fingerprint density at radius 1 is 1.10 bits per heavy atom. The molecule has 0 fully saturated rings. The van der Waals surface area contributed by atoms with Crippen molar-refractivity contribution < 1.29 is 9.72 Å². The lowest BCUT2D eigenvalue weighted by atomic mass is 9.74. The molecule has 5 rings (SSSR count). The summed E-state index contributed by atoms with van der Waals surface area (Å²) in [6.45, 7) is 0. The molecule has 1 aliphatic heterocycles. The fourth-order valence-electron chi connectivity index (χ4n) is 4.30. The SMILES string of the molecule is O=C1C[C@H](c2cccs2)CC2=C1[C@@H](c1cccc([N+](=O)[O-])c1)c1c([nH][nH]c1=O)N2. The van der Waals surface area contributed by atoms with Crippen LogP contribution in [0.3, 0.4) is 0 Å². The molecule has 0 saturated carbocycles. The van der Waals surface area contributed by atoms with Gasteiger partial charge in [-0.3, -0.25) is 29.9 Å². The fraction of sp³-hybridized carbons (Fsp3) is 0.200. The number of non-ortho nitro benzene ring substituents is 1. The van der Waals surface area contributed by atoms with E-state index in [1.807, 2.05) is 17.5 Å². The number of nitrogens with zero attached hydrogens (tertiary/aromatic N) is 1. The Morgan fingerprint density at radius 2 is 1.97 bits per heavy atom. The lowest BCUT2D eigenvalue weighted by molar-refractivity contribution is -0.384. The van der Waals surface area contributed by atoms with Crippen molar-refractivity contribution in [2.75, 3.05) is 5.32 Å². The van der Waals surface area contributed by atoms with Crippen LogP contribution in [0.4, 0.5) is 11.5 Å². The molecule has 2 aromatic heterocycles. The summed E-state index contributed by atoms with van der Waals surface area (Å²) in [6.07, 6.45) is 0.990. The van der Waals surface area contributed by atoms with E-state index in [2.05, 4.69) is 15.5 Å². The molecule has 0 saturated heterocycles. The number of aromatic amines is 2. The molecule has 0 spiro atoms. The van der Waals surface area contributed by atoms with Gasteiger partial charge in [0.1, 0.15) is 5.82 Å². The number of Topliss-reactive ketones (excluding diaryl/α,β-unsaturated/α-hetero) is 1. The highest BCUT2D eigenvalue weighted by Crippen LogP contribution is 2.47. The van der Waals surface area contributed by atoms with E-state index in [9.17, 15) is 19.7 Å². The van der Waals surface area contributed by atoms with E-state index in [1.165, 1.54) is 12.1 Å². The number of aromatic nitrogens is 2. The van der Waals surface area contributed by atoms with Crippen molar-refractivity contribution in [3.63, 3.8) is 0 Å². The number of nitro groups is 1. The van der Waals surface area contributed by atoms with Crippen molar-refractivity contribution in [3.05, 3.63) is 89.5 Å². The number of nitrogens with one attached hydrogen (secondary N) is 3. The average Bonchev–Trinajstić information content (AvgIpc) is 3.37. The lowest BCUT2D eigenvalue weighted by Gasteiger charge is -2.34. The van der Waals surface area contributed by atoms with Gasteiger partial charge < -0.3 is 5.32 Å². The molecule has 0 unspecified atom stereocenters. The Hall–Kier alpha value is -3.46. The second-order valence-corrected chi connectivity index (χ2v) is 8.19. The number of nitro benzene ring substituents is 1. The van der Waals surface area contributed by atoms with E-state index in [0.717, 1.165) is 10.6 Å². The Bertz CT molecular complexity index is 1220. The molecule has 8 nitrogen and oxygen atoms in total. The number of benzene rings is 1. The molecule has 3 N–H and O–H groups in total. The van der Waals surface area contributed by atoms with Crippen LogP contribution in [0.15, 0.2) is 57.8 Å². The molecule has 1 aromatic carbocycles. The first-order chi connectivity index (χ1) is 14.0. The van der Waals surface area contributed by atoms with E-state index in [-0.39, 0.29) is 22.9 Å². The standard InChI is InChI=1S/C20H16N4O4S/c25-14-9-11(15-5-2-6-29-15)8-13-17(14)16(18-19(21-13)22-23-20(18)26)10-3-1-4-12(7-10)24(27)28/h1-7,11,16H,8-9H2,(H3,21,22,23,26)/t11-,16-/m1/s1. The molecule has 9 heteroatoms. The van der Waals surface area contributed by atoms with Gasteiger partial charge in [-0.25, -0.2) is 0 Å². The maximum Gasteiger partial charge on any atom is 0.270 e. The fourth-order valence-corrected chi connectivity index (χ4v) is 5.13. The number of ketones is 1. The highest BCUT2D eigenvalue weighted by atomic mass is 32.1. The topological polar surface area (TPSA) is 121 Å². The van der Waals surface area contributed by atoms with E-state index in [1.54, 1.807) is 23.5 Å². The monoisotopic (exact) mass is 408 g/mol. The minimum absolute atomic E-state index is 0.0418. The molecule has 0 amide bonds. The minimum Gasteiger partial charge on any atom is -0.343 e. The third-order valence-electron chi connectivity index (χ3n) is 5.54. The van der Waals surface area contributed by atoms with Crippen molar-refractivity contribution in [1.82, 2.24) is 10.2 Å². The van der Waals surface area contributed by atoms with Crippen molar-refractivity contribution in [3.8, 4) is 0 Å². The maximum atomic E-state index is 13.2. The van der Waals surface area contributed by atoms with Gasteiger partial charge in [-0.15, -0.1) is 11.3 Å². The van der Waals surface area contributed by atoms with Crippen LogP contribution in [0.5, 0.6) is 0 Å². The number of rotatable bonds is 3. The van der Waals surface area contributed by atoms with Crippen LogP contribution in [0.1, 0.15) is 40.7 Å². The summed E-state index contributed by atoms with van der Waals surface area (Å²) in [7, 11) is 0. The third-order valence-corrected chi connectivity index (χ3v) is 6.57. The number of allylic oxidation sites excluding steroid dienone is 2. The maximum absolute atomic E-state index is 13.2. The van der Waals surface area contributed by atoms with Gasteiger partial charge >= 0.3 is 0 Å². The summed E-state index contributed by atoms with van der Waals surface area (Å²) in [5.74, 6) is -0.107. The molecule has 2 atom stereocenters. The number of fused-ring (bicyclic) bond motifs is 1. The van der Waals surface area contributed by atoms with Gasteiger partial charge in [0.25, 0.3) is 11.2 Å². The lowest BCUT2D eigenvalue weighted by Crippen LogP contribution is -2.31. The Balaban J connectivity index is 1.67. The molecule has 2 aliphatic rings. The third kappa shape index (κ3) is 2.82. The summed E-state index contributed by atoms with van der Waals surface area (Å²) < 4.78 is 0. The minimum atomic E-state index is -0.645. The van der Waals surface area contributed by atoms with Gasteiger partial charge in [0.15, 0.2) is 5.78 Å². The largest absolute Gasteiger partial charge is 0.343 e. The van der Waals surface area contributed by atoms with Crippen molar-refractivity contribution in [2.24, 2.45) is 0 Å². The van der Waals surface area contributed by atoms with Gasteiger partial charge in [0.05, 0.1) is 10.5 Å². The first-order valence-electron chi connectivity index (χ1n) is 9.14. The molecule has 3 heterocycles. The normalized spacial score (nSPS) is 20.8. The molecular weight excluding hydrogens is 392 g/mol. The predicted molar refractivity (Wildman–Crippen MR) is 108 cm³/mol. The van der Waals surface area contributed by atoms with Gasteiger partial charge in [0, 0.05) is 46.5 Å². The van der Waals surface area contributed by atoms with Crippen LogP contribution >= 0.6 is 11.3 Å². The Kier molecular flexibility index (Phi) is 3.99. The van der Waals surface area contributed by atoms with E-state index < -0.39 is 10.8 Å². The van der Waals surface area contributed by atoms with Crippen molar-refractivity contribution in [1.29, 1.82) is 0 Å². The molecule has 146 valence electrons. The highest BCUT2D eigenvalue weighted by Gasteiger charge is 2.40. The number of hydrogen-bond donors (Lipinski definition) is 3. The van der Waals surface area contributed by atoms with Gasteiger partial charge in [-0.2, -0.15) is 0 Å². The van der Waals surface area contributed by atoms with Crippen LogP contribution in [0, 0.1) is 10.1 Å². The molecule has 0 bridgehead atoms. The zero-order valence-electron chi connectivity index (χ0n) is 15.1. The molecule has 3 aromatic rings. The number of hydrogen-bond acceptors (Lipinski definition) is 6. The zero-order chi connectivity index (χ0) is 20.1. The van der Waals surface area contributed by atoms with E-state index in [0.29, 0.717) is 35.4 Å². The summed E-state index contributed by atoms with van der Waals surface area (Å²) >= 11 is 1.62. The zero-order valence-corrected chi connectivity index (χ0v) is 15.9. The number of thiophene rings is 1. The Morgan fingerprint density at radius 3 is 2.72 bits per heavy atom. The Labute approximate surface area is 168 Å². The quantitative estimate of drug-likeness (QED) is 0.451. The van der Waals surface area contributed by atoms with Crippen molar-refractivity contribution >= 4 is 28.6 Å². The molecule has 1 aliphatic carbocycles. The first kappa shape index (κ1) is 17.6. The molecule has 0 radical (unpaired) electrons. The average molecular weight is 408 g/mol. The number of carbonyl (C=O) groups excluding carboxylic acids is 1. The van der Waals surface area contributed by atoms with Crippen LogP contribution in [-0.4, -0.2) is 20.9 Å². The highest BCUT2D eigenvalue weighted by molar-refractivity contribution is 7.10. The summed E-state index contributed by atoms with van der Waals surface area (Å²) in [5.41, 5.74) is 1.81. The van der Waals surface area contributed by atoms with E-state index >= 15 is 0 Å². The first-order valence-corrected chi connectivity index (χ1v) is 10.0. The van der Waals surface area contributed by atoms with Crippen LogP contribution in [0.25, 0.3) is 0 Å².